The van der Waals surface area contributed by atoms with Gasteiger partial charge >= 0.3 is 23.9 Å². The summed E-state index contributed by atoms with van der Waals surface area (Å²) in [6.45, 7) is 8.65. The van der Waals surface area contributed by atoms with Crippen LogP contribution in [0.1, 0.15) is 77.8 Å². The molecule has 17 heteroatoms. The van der Waals surface area contributed by atoms with Gasteiger partial charge in [-0.15, -0.1) is 0 Å². The molecule has 1 aromatic rings. The standard InChI is InChI=1S/C40H51N3O14/c1-38(2,3)56-28(46)15-13-24(19-44)41-34(47)25-11-8-16-42(25)37(50)40-17-26-29-30(53-21-52-29)32(40)57-43(31(40)35(48)54-26)18-23-10-7-6-9-22(23)12-14-27(45)55-33-36(49)51-20-39(33,4)5/h6-7,9-10,12,14,24-26,29-33,44H,8,11,13,15-21H2,1-5H3,(H,41,47). The lowest BCUT2D eigenvalue weighted by molar-refractivity contribution is -0.204. The van der Waals surface area contributed by atoms with E-state index < -0.39 is 107 Å². The lowest BCUT2D eigenvalue weighted by Gasteiger charge is -2.50. The second kappa shape index (κ2) is 15.7. The molecule has 5 saturated heterocycles. The Morgan fingerprint density at radius 1 is 1.09 bits per heavy atom. The summed E-state index contributed by atoms with van der Waals surface area (Å²) in [5.74, 6) is -3.42. The lowest BCUT2D eigenvalue weighted by Crippen LogP contribution is -2.70. The molecule has 2 N–H and O–H groups in total. The summed E-state index contributed by atoms with van der Waals surface area (Å²) >= 11 is 0. The lowest BCUT2D eigenvalue weighted by atomic mass is 9.62. The maximum Gasteiger partial charge on any atom is 0.348 e. The Labute approximate surface area is 330 Å². The number of hydrogen-bond donors (Lipinski definition) is 2. The number of rotatable bonds is 12. The predicted molar refractivity (Wildman–Crippen MR) is 195 cm³/mol. The number of nitrogens with one attached hydrogen (secondary N) is 1. The summed E-state index contributed by atoms with van der Waals surface area (Å²) in [6.07, 6.45) is -0.455. The highest BCUT2D eigenvalue weighted by molar-refractivity contribution is 5.97. The average molecular weight is 798 g/mol. The van der Waals surface area contributed by atoms with Crippen LogP contribution in [0, 0.1) is 10.8 Å². The van der Waals surface area contributed by atoms with E-state index in [0.717, 1.165) is 0 Å². The Hall–Kier alpha value is -4.42. The maximum absolute atomic E-state index is 15.1. The molecule has 0 spiro atoms. The first-order chi connectivity index (χ1) is 27.0. The number of ether oxygens (including phenoxy) is 6. The normalized spacial score (nSPS) is 32.1. The van der Waals surface area contributed by atoms with E-state index in [1.54, 1.807) is 58.9 Å². The van der Waals surface area contributed by atoms with Crippen LogP contribution in [-0.2, 0) is 68.6 Å². The first-order valence-electron chi connectivity index (χ1n) is 19.5. The van der Waals surface area contributed by atoms with Gasteiger partial charge in [0.1, 0.15) is 54.9 Å². The number of amides is 2. The molecule has 9 atom stereocenters. The summed E-state index contributed by atoms with van der Waals surface area (Å²) in [5.41, 5.74) is -1.65. The Balaban J connectivity index is 1.11. The van der Waals surface area contributed by atoms with Gasteiger partial charge in [0.15, 0.2) is 6.04 Å². The van der Waals surface area contributed by atoms with E-state index in [-0.39, 0.29) is 45.8 Å². The minimum Gasteiger partial charge on any atom is -0.462 e. The summed E-state index contributed by atoms with van der Waals surface area (Å²) in [6, 6.07) is 4.21. The van der Waals surface area contributed by atoms with E-state index >= 15 is 4.79 Å². The van der Waals surface area contributed by atoms with Crippen LogP contribution in [0.2, 0.25) is 0 Å². The molecule has 2 amide bonds. The molecular formula is C40H51N3O14. The largest absolute Gasteiger partial charge is 0.462 e. The van der Waals surface area contributed by atoms with Gasteiger partial charge < -0.3 is 43.7 Å². The molecule has 7 rings (SSSR count). The van der Waals surface area contributed by atoms with E-state index in [2.05, 4.69) is 5.32 Å². The molecule has 5 heterocycles. The highest BCUT2D eigenvalue weighted by Crippen LogP contribution is 2.56. The summed E-state index contributed by atoms with van der Waals surface area (Å²) in [5, 5.41) is 14.3. The summed E-state index contributed by atoms with van der Waals surface area (Å²) in [4.78, 5) is 88.4. The molecule has 1 aliphatic carbocycles. The molecule has 5 aliphatic heterocycles. The number of carbonyl (C=O) groups is 6. The fraction of sp³-hybridized carbons (Fsp3) is 0.650. The van der Waals surface area contributed by atoms with Gasteiger partial charge in [0.25, 0.3) is 0 Å². The second-order valence-electron chi connectivity index (χ2n) is 17.2. The van der Waals surface area contributed by atoms with Crippen molar-refractivity contribution >= 4 is 41.8 Å². The SMILES string of the molecule is CC(C)(C)OC(=O)CCC(CO)NC(=O)C1CCCN1C(=O)C12CC3OC(=O)C1N(Cc1ccccc1C=CC(=O)OC1C(=O)OCC1(C)C)OC2C1OCOC31. The monoisotopic (exact) mass is 797 g/mol. The van der Waals surface area contributed by atoms with Gasteiger partial charge in [-0.05, 0) is 57.2 Å². The van der Waals surface area contributed by atoms with Gasteiger partial charge in [-0.25, -0.2) is 9.59 Å². The van der Waals surface area contributed by atoms with Crippen molar-refractivity contribution in [3.8, 4) is 0 Å². The first kappa shape index (κ1) is 40.8. The molecule has 1 aromatic carbocycles. The number of likely N-dealkylation sites (tertiary alicyclic amines) is 1. The quantitative estimate of drug-likeness (QED) is 0.174. The summed E-state index contributed by atoms with van der Waals surface area (Å²) < 4.78 is 33.7. The van der Waals surface area contributed by atoms with Crippen molar-refractivity contribution in [3.05, 3.63) is 41.5 Å². The zero-order valence-electron chi connectivity index (χ0n) is 32.8. The van der Waals surface area contributed by atoms with Crippen molar-refractivity contribution < 1.29 is 67.1 Å². The number of hydrogen-bond acceptors (Lipinski definition) is 15. The number of hydroxylamine groups is 2. The van der Waals surface area contributed by atoms with Crippen LogP contribution < -0.4 is 5.32 Å². The Bertz CT molecular complexity index is 1810. The van der Waals surface area contributed by atoms with Gasteiger partial charge in [-0.1, -0.05) is 38.1 Å². The van der Waals surface area contributed by atoms with Crippen LogP contribution in [0.15, 0.2) is 30.3 Å². The molecule has 0 radical (unpaired) electrons. The highest BCUT2D eigenvalue weighted by Gasteiger charge is 2.75. The Morgan fingerprint density at radius 2 is 1.84 bits per heavy atom. The molecule has 9 unspecified atom stereocenters. The number of cyclic esters (lactones) is 1. The van der Waals surface area contributed by atoms with Crippen molar-refractivity contribution in [2.75, 3.05) is 26.6 Å². The number of nitrogens with zero attached hydrogens (tertiary/aromatic N) is 2. The van der Waals surface area contributed by atoms with Gasteiger partial charge in [-0.2, -0.15) is 5.06 Å². The van der Waals surface area contributed by atoms with Crippen LogP contribution in [0.3, 0.4) is 0 Å². The number of esters is 4. The van der Waals surface area contributed by atoms with Crippen LogP contribution >= 0.6 is 0 Å². The Kier molecular flexibility index (Phi) is 11.3. The third-order valence-corrected chi connectivity index (χ3v) is 11.5. The van der Waals surface area contributed by atoms with Crippen molar-refractivity contribution in [3.63, 3.8) is 0 Å². The highest BCUT2D eigenvalue weighted by atomic mass is 16.8. The maximum atomic E-state index is 15.1. The van der Waals surface area contributed by atoms with Crippen molar-refractivity contribution in [1.82, 2.24) is 15.3 Å². The van der Waals surface area contributed by atoms with Crippen LogP contribution in [-0.4, -0.2) is 132 Å². The smallest absolute Gasteiger partial charge is 0.348 e. The minimum atomic E-state index is -1.51. The van der Waals surface area contributed by atoms with E-state index in [0.29, 0.717) is 24.0 Å². The van der Waals surface area contributed by atoms with E-state index in [1.807, 2.05) is 0 Å². The van der Waals surface area contributed by atoms with Crippen LogP contribution in [0.25, 0.3) is 6.08 Å². The van der Waals surface area contributed by atoms with Crippen molar-refractivity contribution in [1.29, 1.82) is 0 Å². The number of benzene rings is 1. The van der Waals surface area contributed by atoms with E-state index in [4.69, 9.17) is 33.3 Å². The molecule has 310 valence electrons. The second-order valence-corrected chi connectivity index (χ2v) is 17.2. The van der Waals surface area contributed by atoms with Gasteiger partial charge in [0.05, 0.1) is 19.2 Å². The molecular weight excluding hydrogens is 746 g/mol. The van der Waals surface area contributed by atoms with Gasteiger partial charge in [0, 0.05) is 30.9 Å². The zero-order chi connectivity index (χ0) is 40.9. The van der Waals surface area contributed by atoms with Gasteiger partial charge in [0.2, 0.25) is 17.9 Å². The fourth-order valence-corrected chi connectivity index (χ4v) is 8.81. The predicted octanol–water partition coefficient (Wildman–Crippen LogP) is 1.33. The van der Waals surface area contributed by atoms with Crippen molar-refractivity contribution in [2.45, 2.75) is 128 Å². The van der Waals surface area contributed by atoms with Gasteiger partial charge in [-0.3, -0.25) is 24.0 Å². The number of aliphatic hydroxyl groups is 1. The zero-order valence-corrected chi connectivity index (χ0v) is 32.8. The molecule has 6 aliphatic rings. The third-order valence-electron chi connectivity index (χ3n) is 11.5. The summed E-state index contributed by atoms with van der Waals surface area (Å²) in [7, 11) is 0. The van der Waals surface area contributed by atoms with Crippen LogP contribution in [0.5, 0.6) is 0 Å². The molecule has 0 aromatic heterocycles. The number of carbonyl (C=O) groups excluding carboxylic acids is 6. The average Bonchev–Trinajstić information content (AvgIpc) is 3.95. The topological polar surface area (TPSA) is 206 Å². The Morgan fingerprint density at radius 3 is 2.56 bits per heavy atom. The molecule has 1 saturated carbocycles. The molecule has 57 heavy (non-hydrogen) atoms. The van der Waals surface area contributed by atoms with Crippen molar-refractivity contribution in [2.24, 2.45) is 10.8 Å². The minimum absolute atomic E-state index is 0.00844. The molecule has 17 nitrogen and oxygen atoms in total. The number of aliphatic hydroxyl groups excluding tert-OH is 1. The first-order valence-corrected chi connectivity index (χ1v) is 19.5. The molecule has 6 fully saturated rings. The fourth-order valence-electron chi connectivity index (χ4n) is 8.81. The third kappa shape index (κ3) is 7.91. The van der Waals surface area contributed by atoms with E-state index in [9.17, 15) is 29.1 Å². The van der Waals surface area contributed by atoms with Crippen LogP contribution in [0.4, 0.5) is 0 Å². The van der Waals surface area contributed by atoms with E-state index in [1.165, 1.54) is 22.1 Å². The molecule has 2 bridgehead atoms. The number of fused-ring (bicyclic) bond motifs is 4.